The second-order valence-electron chi connectivity index (χ2n) is 2.98. The molecule has 14 heavy (non-hydrogen) atoms. The summed E-state index contributed by atoms with van der Waals surface area (Å²) >= 11 is 2.56. The Morgan fingerprint density at radius 3 is 1.36 bits per heavy atom. The molecule has 0 aliphatic carbocycles. The zero-order valence-corrected chi connectivity index (χ0v) is 9.54. The van der Waals surface area contributed by atoms with Gasteiger partial charge in [0.15, 0.2) is 0 Å². The predicted octanol–water partition coefficient (Wildman–Crippen LogP) is 2.64. The van der Waals surface area contributed by atoms with Gasteiger partial charge in [0.2, 0.25) is 0 Å². The number of rotatable bonds is 2. The van der Waals surface area contributed by atoms with Crippen molar-refractivity contribution in [3.8, 4) is 0 Å². The molecule has 0 aliphatic heterocycles. The number of hydrogen-bond donors (Lipinski definition) is 0. The van der Waals surface area contributed by atoms with Crippen LogP contribution >= 0.6 is 0 Å². The summed E-state index contributed by atoms with van der Waals surface area (Å²) in [7, 11) is 0. The van der Waals surface area contributed by atoms with E-state index in [1.807, 2.05) is 36.4 Å². The molecule has 0 spiro atoms. The maximum atomic E-state index is 2.56. The first-order chi connectivity index (χ1) is 6.88. The summed E-state index contributed by atoms with van der Waals surface area (Å²) in [4.78, 5) is 0. The molecule has 70 valence electrons. The SMILES string of the molecule is [SeH]N(c1ccccc1)c1ccccc1. The van der Waals surface area contributed by atoms with E-state index in [1.165, 1.54) is 11.4 Å². The van der Waals surface area contributed by atoms with Gasteiger partial charge >= 0.3 is 92.2 Å². The van der Waals surface area contributed by atoms with Crippen LogP contribution in [0.2, 0.25) is 0 Å². The molecule has 0 bridgehead atoms. The number of benzene rings is 2. The molecular formula is C12H11NSe. The third-order valence-electron chi connectivity index (χ3n) is 2.00. The van der Waals surface area contributed by atoms with Gasteiger partial charge in [-0.05, 0) is 0 Å². The van der Waals surface area contributed by atoms with Crippen molar-refractivity contribution in [2.75, 3.05) is 3.92 Å². The Hall–Kier alpha value is -1.24. The first kappa shape index (κ1) is 9.32. The summed E-state index contributed by atoms with van der Waals surface area (Å²) < 4.78 is 2.10. The molecule has 2 rings (SSSR count). The number of nitrogens with zero attached hydrogens (tertiary/aromatic N) is 1. The molecule has 0 unspecified atom stereocenters. The first-order valence-electron chi connectivity index (χ1n) is 4.47. The molecule has 0 N–H and O–H groups in total. The van der Waals surface area contributed by atoms with Gasteiger partial charge in [0.05, 0.1) is 0 Å². The first-order valence-corrected chi connectivity index (χ1v) is 5.31. The minimum atomic E-state index is 1.18. The quantitative estimate of drug-likeness (QED) is 0.738. The van der Waals surface area contributed by atoms with E-state index in [9.17, 15) is 0 Å². The summed E-state index contributed by atoms with van der Waals surface area (Å²) in [6.07, 6.45) is 0. The van der Waals surface area contributed by atoms with Gasteiger partial charge in [-0.15, -0.1) is 0 Å². The molecule has 2 aromatic rings. The molecule has 0 heterocycles. The fourth-order valence-corrected chi connectivity index (χ4v) is 1.85. The molecule has 0 aromatic heterocycles. The van der Waals surface area contributed by atoms with Crippen LogP contribution in [0.3, 0.4) is 0 Å². The minimum absolute atomic E-state index is 1.18. The van der Waals surface area contributed by atoms with Gasteiger partial charge in [0.25, 0.3) is 0 Å². The number of para-hydroxylation sites is 2. The Morgan fingerprint density at radius 1 is 0.643 bits per heavy atom. The van der Waals surface area contributed by atoms with E-state index in [0.29, 0.717) is 0 Å². The zero-order valence-electron chi connectivity index (χ0n) is 7.67. The standard InChI is InChI=1S/C12H11NSe/c14-13(11-7-3-1-4-8-11)12-9-5-2-6-10-12/h1-10,14H. The Morgan fingerprint density at radius 2 is 1.00 bits per heavy atom. The Bertz CT molecular complexity index is 346. The van der Waals surface area contributed by atoms with Crippen LogP contribution in [0.4, 0.5) is 11.4 Å². The van der Waals surface area contributed by atoms with Gasteiger partial charge in [0.1, 0.15) is 0 Å². The van der Waals surface area contributed by atoms with E-state index in [4.69, 9.17) is 0 Å². The Balaban J connectivity index is 2.30. The van der Waals surface area contributed by atoms with Crippen molar-refractivity contribution in [2.45, 2.75) is 0 Å². The van der Waals surface area contributed by atoms with E-state index >= 15 is 0 Å². The molecule has 1 nitrogen and oxygen atoms in total. The van der Waals surface area contributed by atoms with Crippen molar-refractivity contribution in [3.63, 3.8) is 0 Å². The van der Waals surface area contributed by atoms with Crippen LogP contribution in [0.1, 0.15) is 0 Å². The number of anilines is 2. The van der Waals surface area contributed by atoms with Crippen LogP contribution in [0, 0.1) is 0 Å². The molecule has 0 fully saturated rings. The monoisotopic (exact) mass is 249 g/mol. The van der Waals surface area contributed by atoms with Crippen LogP contribution < -0.4 is 3.92 Å². The maximum absolute atomic E-state index is 2.56. The molecule has 2 heteroatoms. The molecule has 0 amide bonds. The van der Waals surface area contributed by atoms with Crippen LogP contribution in [0.15, 0.2) is 60.7 Å². The second-order valence-corrected chi connectivity index (χ2v) is 3.82. The Kier molecular flexibility index (Phi) is 2.87. The summed E-state index contributed by atoms with van der Waals surface area (Å²) in [5, 5.41) is 0. The van der Waals surface area contributed by atoms with Gasteiger partial charge in [-0.2, -0.15) is 0 Å². The summed E-state index contributed by atoms with van der Waals surface area (Å²) in [5.41, 5.74) is 2.36. The van der Waals surface area contributed by atoms with Crippen molar-refractivity contribution >= 4 is 27.6 Å². The normalized spacial score (nSPS) is 9.79. The van der Waals surface area contributed by atoms with E-state index in [1.54, 1.807) is 0 Å². The van der Waals surface area contributed by atoms with E-state index in [-0.39, 0.29) is 0 Å². The molecule has 0 saturated heterocycles. The van der Waals surface area contributed by atoms with Gasteiger partial charge in [-0.3, -0.25) is 0 Å². The number of hydrogen-bond acceptors (Lipinski definition) is 1. The van der Waals surface area contributed by atoms with Crippen LogP contribution in [-0.4, -0.2) is 16.2 Å². The molecule has 0 atom stereocenters. The summed E-state index contributed by atoms with van der Waals surface area (Å²) in [5.74, 6) is 0. The van der Waals surface area contributed by atoms with Gasteiger partial charge < -0.3 is 0 Å². The van der Waals surface area contributed by atoms with Gasteiger partial charge in [0, 0.05) is 0 Å². The summed E-state index contributed by atoms with van der Waals surface area (Å²) in [6, 6.07) is 20.6. The molecule has 0 aliphatic rings. The van der Waals surface area contributed by atoms with Crippen LogP contribution in [0.25, 0.3) is 0 Å². The van der Waals surface area contributed by atoms with Crippen molar-refractivity contribution in [1.29, 1.82) is 0 Å². The Labute approximate surface area is 92.4 Å². The fourth-order valence-electron chi connectivity index (χ4n) is 1.29. The average molecular weight is 248 g/mol. The van der Waals surface area contributed by atoms with E-state index in [0.717, 1.165) is 0 Å². The third-order valence-corrected chi connectivity index (χ3v) is 2.97. The van der Waals surface area contributed by atoms with Gasteiger partial charge in [-0.1, -0.05) is 0 Å². The van der Waals surface area contributed by atoms with Crippen molar-refractivity contribution in [2.24, 2.45) is 0 Å². The van der Waals surface area contributed by atoms with Crippen molar-refractivity contribution < 1.29 is 0 Å². The van der Waals surface area contributed by atoms with Crippen molar-refractivity contribution in [1.82, 2.24) is 0 Å². The van der Waals surface area contributed by atoms with Crippen molar-refractivity contribution in [3.05, 3.63) is 60.7 Å². The average Bonchev–Trinajstić information content (AvgIpc) is 2.30. The molecule has 0 saturated carbocycles. The third kappa shape index (κ3) is 1.98. The van der Waals surface area contributed by atoms with E-state index < -0.39 is 0 Å². The van der Waals surface area contributed by atoms with Crippen LogP contribution in [-0.2, 0) is 0 Å². The van der Waals surface area contributed by atoms with E-state index in [2.05, 4.69) is 44.4 Å². The van der Waals surface area contributed by atoms with Crippen LogP contribution in [0.5, 0.6) is 0 Å². The predicted molar refractivity (Wildman–Crippen MR) is 62.2 cm³/mol. The zero-order chi connectivity index (χ0) is 9.80. The molecule has 0 radical (unpaired) electrons. The fraction of sp³-hybridized carbons (Fsp3) is 0. The second kappa shape index (κ2) is 4.32. The summed E-state index contributed by atoms with van der Waals surface area (Å²) in [6.45, 7) is 0. The topological polar surface area (TPSA) is 3.24 Å². The van der Waals surface area contributed by atoms with Gasteiger partial charge in [-0.25, -0.2) is 0 Å². The molecule has 2 aromatic carbocycles. The molecular weight excluding hydrogens is 237 g/mol.